The van der Waals surface area contributed by atoms with Crippen LogP contribution in [0.4, 0.5) is 0 Å². The van der Waals surface area contributed by atoms with Crippen LogP contribution in [0, 0.1) is 0 Å². The fraction of sp³-hybridized carbons (Fsp3) is 1.00. The summed E-state index contributed by atoms with van der Waals surface area (Å²) >= 11 is 0. The minimum absolute atomic E-state index is 0. The zero-order valence-electron chi connectivity index (χ0n) is 8.72. The summed E-state index contributed by atoms with van der Waals surface area (Å²) in [7, 11) is 0. The van der Waals surface area contributed by atoms with Gasteiger partial charge in [0, 0.05) is 0 Å². The number of hydrogen-bond donors (Lipinski definition) is 2. The van der Waals surface area contributed by atoms with E-state index in [0.29, 0.717) is 0 Å². The van der Waals surface area contributed by atoms with Crippen molar-refractivity contribution in [3.8, 4) is 0 Å². The van der Waals surface area contributed by atoms with Crippen molar-refractivity contribution < 1.29 is 16.4 Å². The molecule has 0 unspecified atom stereocenters. The molecule has 1 rings (SSSR count). The maximum absolute atomic E-state index is 8.58. The molecule has 0 spiro atoms. The van der Waals surface area contributed by atoms with Crippen LogP contribution in [0.15, 0.2) is 0 Å². The molecule has 0 atom stereocenters. The molecule has 11 heavy (non-hydrogen) atoms. The molecule has 3 nitrogen and oxygen atoms in total. The average Bonchev–Trinajstić information content (AvgIpc) is 2.46. The minimum atomic E-state index is -0.903. The molecule has 1 aliphatic heterocycles. The molecular weight excluding hydrogens is 144 g/mol. The number of hydrogen-bond acceptors (Lipinski definition) is 3. The first-order chi connectivity index (χ1) is 4.77. The highest BCUT2D eigenvalue weighted by atomic mass is 16.6. The first-order valence-corrected chi connectivity index (χ1v) is 3.74. The van der Waals surface area contributed by atoms with E-state index < -0.39 is 5.60 Å². The van der Waals surface area contributed by atoms with Gasteiger partial charge in [0.1, 0.15) is 0 Å². The van der Waals surface area contributed by atoms with Crippen molar-refractivity contribution >= 4 is 0 Å². The van der Waals surface area contributed by atoms with E-state index in [-0.39, 0.29) is 13.6 Å². The normalized spacial score (nSPS) is 20.2. The van der Waals surface area contributed by atoms with Gasteiger partial charge < -0.3 is 14.9 Å². The van der Waals surface area contributed by atoms with Crippen molar-refractivity contribution in [2.45, 2.75) is 38.9 Å². The van der Waals surface area contributed by atoms with Gasteiger partial charge in [-0.1, -0.05) is 0 Å². The molecule has 0 radical (unpaired) electrons. The number of ether oxygens (including phenoxy) is 1. The molecule has 68 valence electrons. The lowest BCUT2D eigenvalue weighted by Crippen LogP contribution is -2.23. The van der Waals surface area contributed by atoms with Crippen LogP contribution in [0.3, 0.4) is 0 Å². The number of aliphatic hydroxyl groups excluding tert-OH is 1. The van der Waals surface area contributed by atoms with Gasteiger partial charge in [-0.15, -0.1) is 0 Å². The molecule has 0 amide bonds. The Morgan fingerprint density at radius 1 is 1.55 bits per heavy atom. The lowest BCUT2D eigenvalue weighted by Gasteiger charge is -2.10. The van der Waals surface area contributed by atoms with E-state index >= 15 is 0 Å². The fourth-order valence-electron chi connectivity index (χ4n) is 0.144. The Morgan fingerprint density at radius 3 is 1.73 bits per heavy atom. The Balaban J connectivity index is 0. The second-order valence-corrected chi connectivity index (χ2v) is 4.02. The molecule has 1 fully saturated rings. The molecule has 0 bridgehead atoms. The van der Waals surface area contributed by atoms with Crippen molar-refractivity contribution in [3.05, 3.63) is 0 Å². The summed E-state index contributed by atoms with van der Waals surface area (Å²) in [6.45, 7) is 8.03. The van der Waals surface area contributed by atoms with Gasteiger partial charge in [-0.2, -0.15) is 0 Å². The highest BCUT2D eigenvalue weighted by Gasteiger charge is 2.32. The largest absolute Gasteiger partial charge is 1.00 e. The highest BCUT2D eigenvalue weighted by molar-refractivity contribution is 4.79. The van der Waals surface area contributed by atoms with E-state index in [9.17, 15) is 0 Å². The van der Waals surface area contributed by atoms with Crippen molar-refractivity contribution in [3.63, 3.8) is 0 Å². The van der Waals surface area contributed by atoms with E-state index in [1.165, 1.54) is 0 Å². The highest BCUT2D eigenvalue weighted by Crippen LogP contribution is 2.23. The van der Waals surface area contributed by atoms with Gasteiger partial charge >= 0.3 is 1.43 Å². The third-order valence-corrected chi connectivity index (χ3v) is 1.11. The van der Waals surface area contributed by atoms with E-state index in [1.54, 1.807) is 13.8 Å². The van der Waals surface area contributed by atoms with Crippen LogP contribution in [-0.4, -0.2) is 34.6 Å². The summed E-state index contributed by atoms with van der Waals surface area (Å²) in [4.78, 5) is 0. The first-order valence-electron chi connectivity index (χ1n) is 3.74. The fourth-order valence-corrected chi connectivity index (χ4v) is 0.144. The van der Waals surface area contributed by atoms with Gasteiger partial charge in [-0.3, -0.25) is 0 Å². The Bertz CT molecular complexity index is 112. The lowest BCUT2D eigenvalue weighted by molar-refractivity contribution is 0.0183. The van der Waals surface area contributed by atoms with E-state index in [2.05, 4.69) is 13.8 Å². The predicted octanol–water partition coefficient (Wildman–Crippen LogP) is 0.657. The second kappa shape index (κ2) is 3.52. The molecule has 2 N–H and O–H groups in total. The lowest BCUT2D eigenvalue weighted by atomic mass is 10.2. The quantitative estimate of drug-likeness (QED) is 0.558. The maximum atomic E-state index is 8.58. The van der Waals surface area contributed by atoms with Gasteiger partial charge in [0.15, 0.2) is 0 Å². The number of aliphatic hydroxyl groups is 2. The summed E-state index contributed by atoms with van der Waals surface area (Å²) in [6, 6.07) is 0. The van der Waals surface area contributed by atoms with Crippen molar-refractivity contribution in [2.75, 3.05) is 13.2 Å². The first kappa shape index (κ1) is 10.9. The number of epoxide rings is 1. The van der Waals surface area contributed by atoms with Gasteiger partial charge in [-0.25, -0.2) is 0 Å². The van der Waals surface area contributed by atoms with Crippen LogP contribution in [0.1, 0.15) is 29.1 Å². The zero-order chi connectivity index (χ0) is 9.12. The minimum Gasteiger partial charge on any atom is -0.393 e. The van der Waals surface area contributed by atoms with E-state index in [1.807, 2.05) is 0 Å². The van der Waals surface area contributed by atoms with Crippen LogP contribution in [0.25, 0.3) is 0 Å². The Morgan fingerprint density at radius 2 is 1.73 bits per heavy atom. The molecule has 1 saturated heterocycles. The van der Waals surface area contributed by atoms with Crippen molar-refractivity contribution in [1.29, 1.82) is 0 Å². The summed E-state index contributed by atoms with van der Waals surface area (Å²) in [5.74, 6) is 0. The number of rotatable bonds is 1. The van der Waals surface area contributed by atoms with Crippen molar-refractivity contribution in [1.82, 2.24) is 0 Å². The monoisotopic (exact) mass is 163 g/mol. The SMILES string of the molecule is CC(C)(O)CO.CC1(C)CO1.[H+]. The molecule has 0 aromatic heterocycles. The Labute approximate surface area is 69.5 Å². The van der Waals surface area contributed by atoms with Crippen molar-refractivity contribution in [2.24, 2.45) is 0 Å². The van der Waals surface area contributed by atoms with E-state index in [0.717, 1.165) is 6.61 Å². The molecule has 0 aliphatic carbocycles. The van der Waals surface area contributed by atoms with Gasteiger partial charge in [-0.05, 0) is 27.7 Å². The third kappa shape index (κ3) is 9.88. The van der Waals surface area contributed by atoms with Crippen LogP contribution in [-0.2, 0) is 4.74 Å². The van der Waals surface area contributed by atoms with Gasteiger partial charge in [0.25, 0.3) is 0 Å². The summed E-state index contributed by atoms with van der Waals surface area (Å²) < 4.78 is 4.90. The molecule has 3 heteroatoms. The zero-order valence-corrected chi connectivity index (χ0v) is 7.72. The van der Waals surface area contributed by atoms with Gasteiger partial charge in [0.05, 0.1) is 24.4 Å². The topological polar surface area (TPSA) is 53.0 Å². The molecule has 0 saturated carbocycles. The smallest absolute Gasteiger partial charge is 0.393 e. The Hall–Kier alpha value is -0.120. The standard InChI is InChI=1S/C4H10O2.C4H8O/c1-4(2,6)3-5;1-4(2)3-5-4/h5-6H,3H2,1-2H3;3H2,1-2H3/p+1. The second-order valence-electron chi connectivity index (χ2n) is 4.02. The molecule has 1 aliphatic rings. The molecular formula is C8H19O3+. The van der Waals surface area contributed by atoms with E-state index in [4.69, 9.17) is 14.9 Å². The molecule has 0 aromatic rings. The Kier molecular flexibility index (Phi) is 3.48. The summed E-state index contributed by atoms with van der Waals surface area (Å²) in [6.07, 6.45) is 0. The predicted molar refractivity (Wildman–Crippen MR) is 44.5 cm³/mol. The van der Waals surface area contributed by atoms with Crippen LogP contribution in [0.2, 0.25) is 0 Å². The van der Waals surface area contributed by atoms with Gasteiger partial charge in [0.2, 0.25) is 0 Å². The molecule has 0 aromatic carbocycles. The summed E-state index contributed by atoms with van der Waals surface area (Å²) in [5.41, 5.74) is -0.653. The molecule has 1 heterocycles. The van der Waals surface area contributed by atoms with Crippen LogP contribution < -0.4 is 0 Å². The van der Waals surface area contributed by atoms with Crippen LogP contribution in [0.5, 0.6) is 0 Å². The summed E-state index contributed by atoms with van der Waals surface area (Å²) in [5, 5.41) is 16.7. The third-order valence-electron chi connectivity index (χ3n) is 1.11. The average molecular weight is 163 g/mol. The maximum Gasteiger partial charge on any atom is 1.00 e. The van der Waals surface area contributed by atoms with Crippen LogP contribution >= 0.6 is 0 Å².